The highest BCUT2D eigenvalue weighted by molar-refractivity contribution is 6.15. The molecule has 0 aliphatic rings. The molecule has 0 aliphatic carbocycles. The highest BCUT2D eigenvalue weighted by atomic mass is 16.5. The minimum atomic E-state index is 0.719. The van der Waals surface area contributed by atoms with Gasteiger partial charge in [-0.05, 0) is 47.3 Å². The molecule has 7 nitrogen and oxygen atoms in total. The van der Waals surface area contributed by atoms with Crippen molar-refractivity contribution in [1.82, 2.24) is 28.7 Å². The zero-order chi connectivity index (χ0) is 26.9. The van der Waals surface area contributed by atoms with E-state index in [1.165, 1.54) is 16.5 Å². The van der Waals surface area contributed by atoms with Gasteiger partial charge in [-0.3, -0.25) is 13.8 Å². The van der Waals surface area contributed by atoms with Crippen LogP contribution in [-0.4, -0.2) is 28.7 Å². The molecule has 5 heterocycles. The van der Waals surface area contributed by atoms with Gasteiger partial charge >= 0.3 is 0 Å². The minimum absolute atomic E-state index is 0.719. The molecule has 41 heavy (non-hydrogen) atoms. The van der Waals surface area contributed by atoms with Crippen molar-refractivity contribution < 1.29 is 4.74 Å². The Morgan fingerprint density at radius 2 is 1.17 bits per heavy atom. The molecule has 0 aliphatic heterocycles. The van der Waals surface area contributed by atoms with Crippen LogP contribution in [0.4, 0.5) is 0 Å². The largest absolute Gasteiger partial charge is 0.457 e. The van der Waals surface area contributed by atoms with Gasteiger partial charge in [-0.25, -0.2) is 15.0 Å². The van der Waals surface area contributed by atoms with E-state index in [2.05, 4.69) is 73.9 Å². The zero-order valence-electron chi connectivity index (χ0n) is 21.6. The van der Waals surface area contributed by atoms with Gasteiger partial charge in [0.1, 0.15) is 28.3 Å². The number of para-hydroxylation sites is 1. The molecular weight excluding hydrogens is 508 g/mol. The van der Waals surface area contributed by atoms with E-state index in [1.807, 2.05) is 53.3 Å². The average molecular weight is 529 g/mol. The smallest absolute Gasteiger partial charge is 0.165 e. The van der Waals surface area contributed by atoms with Crippen molar-refractivity contribution >= 4 is 54.9 Å². The number of benzene rings is 4. The van der Waals surface area contributed by atoms with Crippen molar-refractivity contribution in [2.45, 2.75) is 0 Å². The summed E-state index contributed by atoms with van der Waals surface area (Å²) >= 11 is 0. The first kappa shape index (κ1) is 22.0. The Labute approximate surface area is 233 Å². The van der Waals surface area contributed by atoms with Gasteiger partial charge in [0.05, 0.1) is 5.52 Å². The summed E-state index contributed by atoms with van der Waals surface area (Å²) in [6.07, 6.45) is 11.0. The van der Waals surface area contributed by atoms with Gasteiger partial charge in [0, 0.05) is 64.3 Å². The molecule has 5 aromatic heterocycles. The highest BCUT2D eigenvalue weighted by Crippen LogP contribution is 2.38. The first-order valence-corrected chi connectivity index (χ1v) is 13.4. The van der Waals surface area contributed by atoms with E-state index in [9.17, 15) is 0 Å². The van der Waals surface area contributed by atoms with Crippen LogP contribution in [0.3, 0.4) is 0 Å². The number of hydrogen-bond acceptors (Lipinski definition) is 5. The summed E-state index contributed by atoms with van der Waals surface area (Å²) in [5.41, 5.74) is 6.80. The second-order valence-corrected chi connectivity index (χ2v) is 10.1. The summed E-state index contributed by atoms with van der Waals surface area (Å²) < 4.78 is 10.6. The van der Waals surface area contributed by atoms with Crippen LogP contribution in [0, 0.1) is 0 Å². The Bertz CT molecular complexity index is 2460. The molecule has 4 aromatic carbocycles. The fourth-order valence-corrected chi connectivity index (χ4v) is 6.05. The molecule has 7 heteroatoms. The number of imidazole rings is 2. The first-order valence-electron chi connectivity index (χ1n) is 13.4. The van der Waals surface area contributed by atoms with Gasteiger partial charge in [-0.1, -0.05) is 48.5 Å². The second-order valence-electron chi connectivity index (χ2n) is 10.1. The lowest BCUT2D eigenvalue weighted by Crippen LogP contribution is -1.95. The minimum Gasteiger partial charge on any atom is -0.457 e. The molecular formula is C34H20N6O. The van der Waals surface area contributed by atoms with Crippen LogP contribution in [0.1, 0.15) is 0 Å². The SMILES string of the molecule is c1ccc(-c2cccc3c4ccc(Oc5ccc6c(c5)c5nccn5c5nccnc65)cc4c4nccn4c23)cc1. The molecule has 192 valence electrons. The van der Waals surface area contributed by atoms with Crippen LogP contribution < -0.4 is 4.74 Å². The lowest BCUT2D eigenvalue weighted by molar-refractivity contribution is 0.484. The normalized spacial score (nSPS) is 11.9. The molecule has 0 bridgehead atoms. The van der Waals surface area contributed by atoms with Crippen LogP contribution in [-0.2, 0) is 0 Å². The number of ether oxygens (including phenoxy) is 1. The molecule has 0 fully saturated rings. The average Bonchev–Trinajstić information content (AvgIpc) is 3.73. The molecule has 0 spiro atoms. The van der Waals surface area contributed by atoms with E-state index < -0.39 is 0 Å². The maximum atomic E-state index is 6.45. The van der Waals surface area contributed by atoms with Crippen molar-refractivity contribution in [2.24, 2.45) is 0 Å². The standard InChI is InChI=1S/C34H20N6O/c1-2-5-21(6-3-1)24-7-4-8-27-25-11-9-22(19-28(25)32-37-15-17-39(32)31(24)27)41-23-10-12-26-29(20-23)33-38-16-18-40(33)34-30(26)35-13-14-36-34/h1-20H. The van der Waals surface area contributed by atoms with Crippen molar-refractivity contribution in [3.63, 3.8) is 0 Å². The predicted molar refractivity (Wildman–Crippen MR) is 162 cm³/mol. The van der Waals surface area contributed by atoms with Gasteiger partial charge in [-0.15, -0.1) is 0 Å². The number of pyridine rings is 2. The van der Waals surface area contributed by atoms with Gasteiger partial charge in [0.15, 0.2) is 5.65 Å². The van der Waals surface area contributed by atoms with E-state index in [4.69, 9.17) is 9.72 Å². The fourth-order valence-electron chi connectivity index (χ4n) is 6.05. The predicted octanol–water partition coefficient (Wildman–Crippen LogP) is 7.84. The molecule has 0 saturated carbocycles. The monoisotopic (exact) mass is 528 g/mol. The van der Waals surface area contributed by atoms with E-state index in [0.717, 1.165) is 61.0 Å². The van der Waals surface area contributed by atoms with Crippen LogP contribution in [0.15, 0.2) is 122 Å². The number of aromatic nitrogens is 6. The summed E-state index contributed by atoms with van der Waals surface area (Å²) in [5.74, 6) is 1.46. The molecule has 9 rings (SSSR count). The van der Waals surface area contributed by atoms with Gasteiger partial charge in [0.25, 0.3) is 0 Å². The number of nitrogens with zero attached hydrogens (tertiary/aromatic N) is 6. The Balaban J connectivity index is 1.21. The van der Waals surface area contributed by atoms with E-state index in [0.29, 0.717) is 0 Å². The highest BCUT2D eigenvalue weighted by Gasteiger charge is 2.16. The topological polar surface area (TPSA) is 69.6 Å². The molecule has 0 N–H and O–H groups in total. The molecule has 0 radical (unpaired) electrons. The number of fused-ring (bicyclic) bond motifs is 12. The summed E-state index contributed by atoms with van der Waals surface area (Å²) in [5, 5.41) is 5.27. The molecule has 0 atom stereocenters. The van der Waals surface area contributed by atoms with Crippen LogP contribution in [0.25, 0.3) is 66.0 Å². The molecule has 9 aromatic rings. The Kier molecular flexibility index (Phi) is 4.48. The maximum Gasteiger partial charge on any atom is 0.165 e. The Morgan fingerprint density at radius 1 is 0.488 bits per heavy atom. The van der Waals surface area contributed by atoms with E-state index >= 15 is 0 Å². The van der Waals surface area contributed by atoms with Crippen molar-refractivity contribution in [3.8, 4) is 22.6 Å². The summed E-state index contributed by atoms with van der Waals surface area (Å²) in [6.45, 7) is 0. The quantitative estimate of drug-likeness (QED) is 0.219. The van der Waals surface area contributed by atoms with Crippen molar-refractivity contribution in [2.75, 3.05) is 0 Å². The molecule has 0 saturated heterocycles. The van der Waals surface area contributed by atoms with Crippen molar-refractivity contribution in [3.05, 3.63) is 122 Å². The van der Waals surface area contributed by atoms with Crippen LogP contribution in [0.5, 0.6) is 11.5 Å². The van der Waals surface area contributed by atoms with Gasteiger partial charge in [0.2, 0.25) is 0 Å². The summed E-state index contributed by atoms with van der Waals surface area (Å²) in [6, 6.07) is 29.2. The lowest BCUT2D eigenvalue weighted by Gasteiger charge is -2.14. The second kappa shape index (κ2) is 8.34. The third kappa shape index (κ3) is 3.20. The maximum absolute atomic E-state index is 6.45. The van der Waals surface area contributed by atoms with Gasteiger partial charge < -0.3 is 4.74 Å². The lowest BCUT2D eigenvalue weighted by atomic mass is 9.98. The fraction of sp³-hybridized carbons (Fsp3) is 0. The van der Waals surface area contributed by atoms with Crippen molar-refractivity contribution in [1.29, 1.82) is 0 Å². The Hall–Kier alpha value is -5.82. The van der Waals surface area contributed by atoms with Crippen LogP contribution >= 0.6 is 0 Å². The third-order valence-electron chi connectivity index (χ3n) is 7.80. The molecule has 0 amide bonds. The van der Waals surface area contributed by atoms with E-state index in [1.54, 1.807) is 18.6 Å². The Morgan fingerprint density at radius 3 is 2.00 bits per heavy atom. The van der Waals surface area contributed by atoms with E-state index in [-0.39, 0.29) is 0 Å². The summed E-state index contributed by atoms with van der Waals surface area (Å²) in [4.78, 5) is 18.5. The van der Waals surface area contributed by atoms with Gasteiger partial charge in [-0.2, -0.15) is 0 Å². The zero-order valence-corrected chi connectivity index (χ0v) is 21.6. The summed E-state index contributed by atoms with van der Waals surface area (Å²) in [7, 11) is 0. The third-order valence-corrected chi connectivity index (χ3v) is 7.80. The molecule has 0 unspecified atom stereocenters. The van der Waals surface area contributed by atoms with Crippen LogP contribution in [0.2, 0.25) is 0 Å². The number of hydrogen-bond donors (Lipinski definition) is 0. The first-order chi connectivity index (χ1) is 20.3. The number of rotatable bonds is 3.